The largest absolute Gasteiger partial charge is 0.390 e. The molecule has 0 aliphatic heterocycles. The quantitative estimate of drug-likeness (QED) is 0.482. The molecule has 174 valence electrons. The molecule has 3 rings (SSSR count). The number of hydrogen-bond donors (Lipinski definition) is 4. The van der Waals surface area contributed by atoms with Crippen LogP contribution in [0.15, 0.2) is 47.4 Å². The Balaban J connectivity index is 1.78. The number of aromatic nitrogens is 1. The molecular formula is C26H37N3O3. The molecule has 1 aromatic heterocycles. The van der Waals surface area contributed by atoms with Gasteiger partial charge in [0.25, 0.3) is 0 Å². The molecule has 32 heavy (non-hydrogen) atoms. The number of rotatable bonds is 9. The van der Waals surface area contributed by atoms with E-state index in [4.69, 9.17) is 0 Å². The second kappa shape index (κ2) is 10.9. The van der Waals surface area contributed by atoms with Gasteiger partial charge in [-0.2, -0.15) is 0 Å². The third-order valence-corrected chi connectivity index (χ3v) is 6.61. The molecule has 0 bridgehead atoms. The molecule has 0 radical (unpaired) electrons. The van der Waals surface area contributed by atoms with Crippen molar-refractivity contribution in [2.45, 2.75) is 82.9 Å². The van der Waals surface area contributed by atoms with Crippen molar-refractivity contribution in [3.05, 3.63) is 69.6 Å². The third-order valence-electron chi connectivity index (χ3n) is 6.61. The summed E-state index contributed by atoms with van der Waals surface area (Å²) >= 11 is 0. The molecule has 1 heterocycles. The van der Waals surface area contributed by atoms with Crippen molar-refractivity contribution in [3.8, 4) is 0 Å². The van der Waals surface area contributed by atoms with E-state index in [1.807, 2.05) is 0 Å². The molecule has 2 unspecified atom stereocenters. The predicted octanol–water partition coefficient (Wildman–Crippen LogP) is 3.36. The lowest BCUT2D eigenvalue weighted by atomic mass is 9.75. The van der Waals surface area contributed by atoms with Gasteiger partial charge in [-0.05, 0) is 47.9 Å². The van der Waals surface area contributed by atoms with Gasteiger partial charge >= 0.3 is 0 Å². The van der Waals surface area contributed by atoms with Crippen LogP contribution in [0.4, 0.5) is 0 Å². The van der Waals surface area contributed by atoms with Crippen LogP contribution in [0.2, 0.25) is 0 Å². The summed E-state index contributed by atoms with van der Waals surface area (Å²) < 4.78 is 0. The number of aliphatic hydroxyl groups excluding tert-OH is 1. The lowest BCUT2D eigenvalue weighted by Gasteiger charge is -2.40. The van der Waals surface area contributed by atoms with Crippen LogP contribution in [-0.2, 0) is 16.8 Å². The third kappa shape index (κ3) is 6.30. The smallest absolute Gasteiger partial charge is 0.248 e. The Bertz CT molecular complexity index is 947. The number of benzene rings is 1. The fourth-order valence-corrected chi connectivity index (χ4v) is 4.77. The number of H-pyrrole nitrogens is 1. The molecular weight excluding hydrogens is 402 g/mol. The van der Waals surface area contributed by atoms with Gasteiger partial charge in [-0.25, -0.2) is 0 Å². The number of aromatic amines is 1. The Morgan fingerprint density at radius 2 is 1.91 bits per heavy atom. The predicted molar refractivity (Wildman–Crippen MR) is 128 cm³/mol. The zero-order valence-corrected chi connectivity index (χ0v) is 19.5. The van der Waals surface area contributed by atoms with Crippen LogP contribution in [0.25, 0.3) is 0 Å². The minimum atomic E-state index is -0.787. The molecule has 1 aliphatic carbocycles. The van der Waals surface area contributed by atoms with Crippen molar-refractivity contribution in [2.75, 3.05) is 6.54 Å². The number of nitrogens with one attached hydrogen (secondary N) is 3. The van der Waals surface area contributed by atoms with Gasteiger partial charge in [-0.3, -0.25) is 9.59 Å². The topological polar surface area (TPSA) is 94.2 Å². The summed E-state index contributed by atoms with van der Waals surface area (Å²) in [5.74, 6) is 0.259. The Labute approximate surface area is 190 Å². The van der Waals surface area contributed by atoms with E-state index in [0.29, 0.717) is 18.9 Å². The summed E-state index contributed by atoms with van der Waals surface area (Å²) in [6, 6.07) is 11.6. The van der Waals surface area contributed by atoms with E-state index in [1.54, 1.807) is 12.3 Å². The minimum Gasteiger partial charge on any atom is -0.390 e. The first-order valence-electron chi connectivity index (χ1n) is 11.8. The molecule has 6 nitrogen and oxygen atoms in total. The minimum absolute atomic E-state index is 0.172. The molecule has 2 atom stereocenters. The van der Waals surface area contributed by atoms with Crippen LogP contribution in [0.5, 0.6) is 0 Å². The average molecular weight is 440 g/mol. The fraction of sp³-hybridized carbons (Fsp3) is 0.538. The molecule has 6 heteroatoms. The standard InChI is InChI=1S/C26H37N3O3/c1-18(2)21-8-7-9-22(16-21)26(11-5-4-6-12-26)28-17-24(31)23(29-19(3)30)14-20-10-13-27-25(32)15-20/h7-10,13,15-16,18,23-24,28,31H,4-6,11-12,14,17H2,1-3H3,(H,27,32)(H,29,30). The summed E-state index contributed by atoms with van der Waals surface area (Å²) in [5, 5.41) is 17.6. The van der Waals surface area contributed by atoms with E-state index < -0.39 is 12.1 Å². The Morgan fingerprint density at radius 1 is 1.16 bits per heavy atom. The summed E-state index contributed by atoms with van der Waals surface area (Å²) in [4.78, 5) is 26.1. The Kier molecular flexibility index (Phi) is 8.26. The lowest BCUT2D eigenvalue weighted by Crippen LogP contribution is -2.53. The van der Waals surface area contributed by atoms with Gasteiger partial charge in [0.1, 0.15) is 0 Å². The number of amides is 1. The fourth-order valence-electron chi connectivity index (χ4n) is 4.77. The first-order chi connectivity index (χ1) is 15.3. The van der Waals surface area contributed by atoms with Crippen molar-refractivity contribution in [1.29, 1.82) is 0 Å². The monoisotopic (exact) mass is 439 g/mol. The zero-order valence-electron chi connectivity index (χ0n) is 19.5. The maximum absolute atomic E-state index is 11.8. The van der Waals surface area contributed by atoms with Crippen molar-refractivity contribution in [3.63, 3.8) is 0 Å². The van der Waals surface area contributed by atoms with Gasteiger partial charge in [-0.1, -0.05) is 57.4 Å². The average Bonchev–Trinajstić information content (AvgIpc) is 2.77. The highest BCUT2D eigenvalue weighted by atomic mass is 16.3. The van der Waals surface area contributed by atoms with Gasteiger partial charge < -0.3 is 20.7 Å². The summed E-state index contributed by atoms with van der Waals surface area (Å²) in [5.41, 5.74) is 3.02. The van der Waals surface area contributed by atoms with Crippen LogP contribution in [0.3, 0.4) is 0 Å². The molecule has 0 saturated heterocycles. The Hall–Kier alpha value is -2.44. The van der Waals surface area contributed by atoms with E-state index in [1.165, 1.54) is 30.5 Å². The molecule has 1 fully saturated rings. The van der Waals surface area contributed by atoms with E-state index in [9.17, 15) is 14.7 Å². The number of aliphatic hydroxyl groups is 1. The maximum atomic E-state index is 11.8. The highest BCUT2D eigenvalue weighted by Gasteiger charge is 2.35. The number of hydrogen-bond acceptors (Lipinski definition) is 4. The van der Waals surface area contributed by atoms with Crippen LogP contribution >= 0.6 is 0 Å². The molecule has 1 saturated carbocycles. The second-order valence-corrected chi connectivity index (χ2v) is 9.44. The van der Waals surface area contributed by atoms with Crippen molar-refractivity contribution in [2.24, 2.45) is 0 Å². The SMILES string of the molecule is CC(=O)NC(Cc1cc[nH]c(=O)c1)C(O)CNC1(c2cccc(C(C)C)c2)CCCCC1. The number of carbonyl (C=O) groups excluding carboxylic acids is 1. The van der Waals surface area contributed by atoms with Crippen molar-refractivity contribution < 1.29 is 9.90 Å². The zero-order chi connectivity index (χ0) is 23.1. The van der Waals surface area contributed by atoms with Crippen molar-refractivity contribution in [1.82, 2.24) is 15.6 Å². The molecule has 4 N–H and O–H groups in total. The molecule has 0 spiro atoms. The van der Waals surface area contributed by atoms with Gasteiger partial charge in [0.05, 0.1) is 12.1 Å². The Morgan fingerprint density at radius 3 is 2.56 bits per heavy atom. The van der Waals surface area contributed by atoms with Crippen LogP contribution < -0.4 is 16.2 Å². The second-order valence-electron chi connectivity index (χ2n) is 9.44. The number of pyridine rings is 1. The van der Waals surface area contributed by atoms with Crippen LogP contribution in [-0.4, -0.2) is 34.7 Å². The first-order valence-corrected chi connectivity index (χ1v) is 11.8. The highest BCUT2D eigenvalue weighted by Crippen LogP contribution is 2.38. The normalized spacial score (nSPS) is 17.7. The van der Waals surface area contributed by atoms with E-state index >= 15 is 0 Å². The van der Waals surface area contributed by atoms with Gasteiger partial charge in [0.15, 0.2) is 0 Å². The van der Waals surface area contributed by atoms with Gasteiger partial charge in [0, 0.05) is 31.3 Å². The molecule has 1 aromatic carbocycles. The van der Waals surface area contributed by atoms with Crippen LogP contribution in [0, 0.1) is 0 Å². The maximum Gasteiger partial charge on any atom is 0.248 e. The van der Waals surface area contributed by atoms with E-state index in [2.05, 4.69) is 53.7 Å². The molecule has 1 amide bonds. The van der Waals surface area contributed by atoms with Gasteiger partial charge in [-0.15, -0.1) is 0 Å². The molecule has 1 aliphatic rings. The highest BCUT2D eigenvalue weighted by molar-refractivity contribution is 5.73. The first kappa shape index (κ1) is 24.2. The lowest BCUT2D eigenvalue weighted by molar-refractivity contribution is -0.120. The molecule has 2 aromatic rings. The van der Waals surface area contributed by atoms with Gasteiger partial charge in [0.2, 0.25) is 11.5 Å². The summed E-state index contributed by atoms with van der Waals surface area (Å²) in [7, 11) is 0. The number of carbonyl (C=O) groups is 1. The van der Waals surface area contributed by atoms with Crippen LogP contribution in [0.1, 0.15) is 75.5 Å². The van der Waals surface area contributed by atoms with E-state index in [-0.39, 0.29) is 17.0 Å². The summed E-state index contributed by atoms with van der Waals surface area (Å²) in [6.45, 7) is 6.22. The summed E-state index contributed by atoms with van der Waals surface area (Å²) in [6.07, 6.45) is 6.78. The van der Waals surface area contributed by atoms with Crippen molar-refractivity contribution >= 4 is 5.91 Å². The van der Waals surface area contributed by atoms with E-state index in [0.717, 1.165) is 31.2 Å².